The van der Waals surface area contributed by atoms with Crippen LogP contribution in [-0.4, -0.2) is 26.7 Å². The van der Waals surface area contributed by atoms with Gasteiger partial charge in [0.25, 0.3) is 11.8 Å². The molecule has 0 spiro atoms. The molecular weight excluding hydrogens is 392 g/mol. The number of rotatable bonds is 7. The lowest BCUT2D eigenvalue weighted by molar-refractivity contribution is 0.0880. The first-order chi connectivity index (χ1) is 14.0. The van der Waals surface area contributed by atoms with E-state index in [4.69, 9.17) is 4.43 Å². The number of amides is 2. The molecule has 0 aromatic heterocycles. The van der Waals surface area contributed by atoms with Crippen molar-refractivity contribution >= 4 is 25.8 Å². The third kappa shape index (κ3) is 4.59. The molecule has 0 radical (unpaired) electrons. The van der Waals surface area contributed by atoms with Crippen LogP contribution in [0.5, 0.6) is 5.75 Å². The highest BCUT2D eigenvalue weighted by Crippen LogP contribution is 2.37. The van der Waals surface area contributed by atoms with Crippen LogP contribution in [0.3, 0.4) is 0 Å². The lowest BCUT2D eigenvalue weighted by atomic mass is 10.0. The second-order valence-corrected chi connectivity index (χ2v) is 14.2. The van der Waals surface area contributed by atoms with Crippen molar-refractivity contribution < 1.29 is 14.0 Å². The largest absolute Gasteiger partial charge is 0.543 e. The highest BCUT2D eigenvalue weighted by atomic mass is 28.4. The van der Waals surface area contributed by atoms with Crippen molar-refractivity contribution in [1.29, 1.82) is 0 Å². The third-order valence-electron chi connectivity index (χ3n) is 6.19. The van der Waals surface area contributed by atoms with Crippen LogP contribution in [0.2, 0.25) is 18.1 Å². The van der Waals surface area contributed by atoms with Gasteiger partial charge in [0.05, 0.1) is 11.1 Å². The maximum Gasteiger partial charge on any atom is 0.261 e. The van der Waals surface area contributed by atoms with Crippen LogP contribution >= 0.6 is 0 Å². The van der Waals surface area contributed by atoms with E-state index in [1.54, 1.807) is 12.1 Å². The monoisotopic (exact) mass is 424 g/mol. The van der Waals surface area contributed by atoms with Gasteiger partial charge in [-0.25, -0.2) is 0 Å². The molecule has 0 unspecified atom stereocenters. The Morgan fingerprint density at radius 2 is 1.80 bits per heavy atom. The second kappa shape index (κ2) is 8.26. The van der Waals surface area contributed by atoms with Gasteiger partial charge in [0, 0.05) is 12.2 Å². The molecule has 1 aliphatic rings. The average Bonchev–Trinajstić information content (AvgIpc) is 2.94. The first-order valence-electron chi connectivity index (χ1n) is 10.5. The summed E-state index contributed by atoms with van der Waals surface area (Å²) in [5.74, 6) is 0.303. The quantitative estimate of drug-likeness (QED) is 0.359. The van der Waals surface area contributed by atoms with Crippen LogP contribution in [0.15, 0.2) is 36.4 Å². The first-order valence-corrected chi connectivity index (χ1v) is 13.4. The van der Waals surface area contributed by atoms with E-state index in [1.165, 1.54) is 11.1 Å². The van der Waals surface area contributed by atoms with Gasteiger partial charge in [0.1, 0.15) is 5.75 Å². The summed E-state index contributed by atoms with van der Waals surface area (Å²) in [4.78, 5) is 23.8. The smallest absolute Gasteiger partial charge is 0.261 e. The summed E-state index contributed by atoms with van der Waals surface area (Å²) in [6.45, 7) is 14.1. The van der Waals surface area contributed by atoms with Gasteiger partial charge in [-0.05, 0) is 73.3 Å². The average molecular weight is 425 g/mol. The van der Waals surface area contributed by atoms with E-state index < -0.39 is 8.32 Å². The highest BCUT2D eigenvalue weighted by molar-refractivity contribution is 6.74. The van der Waals surface area contributed by atoms with E-state index >= 15 is 0 Å². The lowest BCUT2D eigenvalue weighted by Crippen LogP contribution is -2.43. The number of imide groups is 1. The minimum Gasteiger partial charge on any atom is -0.543 e. The summed E-state index contributed by atoms with van der Waals surface area (Å²) in [6, 6.07) is 11.7. The number of carbonyl (C=O) groups excluding carboxylic acids is 2. The maximum atomic E-state index is 12.0. The van der Waals surface area contributed by atoms with Crippen molar-refractivity contribution in [3.63, 3.8) is 0 Å². The van der Waals surface area contributed by atoms with Gasteiger partial charge < -0.3 is 9.74 Å². The van der Waals surface area contributed by atoms with Crippen LogP contribution < -0.4 is 15.1 Å². The van der Waals surface area contributed by atoms with Gasteiger partial charge in [-0.2, -0.15) is 0 Å². The number of fused-ring (bicyclic) bond motifs is 1. The molecule has 2 aromatic carbocycles. The molecule has 30 heavy (non-hydrogen) atoms. The van der Waals surface area contributed by atoms with E-state index in [2.05, 4.69) is 69.6 Å². The predicted octanol–water partition coefficient (Wildman–Crippen LogP) is 5.31. The summed E-state index contributed by atoms with van der Waals surface area (Å²) in [5, 5.41) is 5.83. The maximum absolute atomic E-state index is 12.0. The standard InChI is InChI=1S/C24H32N2O3Si/c1-16-15-18(29-30(5,6)24(2,3)4)13-12-17(16)9-8-14-25-20-11-7-10-19-21(20)23(28)26-22(19)27/h7,10-13,15,25H,8-9,14H2,1-6H3,(H,26,27,28). The molecule has 3 rings (SSSR count). The van der Waals surface area contributed by atoms with E-state index in [1.807, 2.05) is 6.07 Å². The molecule has 160 valence electrons. The molecule has 0 atom stereocenters. The Morgan fingerprint density at radius 3 is 2.47 bits per heavy atom. The lowest BCUT2D eigenvalue weighted by Gasteiger charge is -2.36. The Kier molecular flexibility index (Phi) is 6.08. The number of anilines is 1. The van der Waals surface area contributed by atoms with Crippen LogP contribution in [0.4, 0.5) is 5.69 Å². The van der Waals surface area contributed by atoms with Gasteiger partial charge in [-0.3, -0.25) is 14.9 Å². The fourth-order valence-electron chi connectivity index (χ4n) is 3.33. The number of carbonyl (C=O) groups is 2. The number of aryl methyl sites for hydroxylation is 2. The van der Waals surface area contributed by atoms with Gasteiger partial charge in [0.2, 0.25) is 8.32 Å². The van der Waals surface area contributed by atoms with Crippen molar-refractivity contribution in [3.05, 3.63) is 58.7 Å². The van der Waals surface area contributed by atoms with Gasteiger partial charge in [0.15, 0.2) is 0 Å². The molecule has 0 fully saturated rings. The zero-order valence-electron chi connectivity index (χ0n) is 18.8. The molecular formula is C24H32N2O3Si. The van der Waals surface area contributed by atoms with Crippen molar-refractivity contribution in [1.82, 2.24) is 5.32 Å². The molecule has 2 amide bonds. The Morgan fingerprint density at radius 1 is 1.07 bits per heavy atom. The van der Waals surface area contributed by atoms with Crippen LogP contribution in [0.25, 0.3) is 0 Å². The number of hydrogen-bond donors (Lipinski definition) is 2. The summed E-state index contributed by atoms with van der Waals surface area (Å²) >= 11 is 0. The summed E-state index contributed by atoms with van der Waals surface area (Å²) in [6.07, 6.45) is 1.85. The summed E-state index contributed by atoms with van der Waals surface area (Å²) in [7, 11) is -1.84. The van der Waals surface area contributed by atoms with Crippen LogP contribution in [0.1, 0.15) is 59.0 Å². The molecule has 0 bridgehead atoms. The normalized spacial score (nSPS) is 13.8. The predicted molar refractivity (Wildman–Crippen MR) is 124 cm³/mol. The minimum atomic E-state index is -1.84. The third-order valence-corrected chi connectivity index (χ3v) is 10.6. The second-order valence-electron chi connectivity index (χ2n) is 9.49. The highest BCUT2D eigenvalue weighted by Gasteiger charge is 2.39. The van der Waals surface area contributed by atoms with Gasteiger partial charge >= 0.3 is 0 Å². The molecule has 1 heterocycles. The molecule has 0 saturated heterocycles. The molecule has 6 heteroatoms. The Labute approximate surface area is 180 Å². The minimum absolute atomic E-state index is 0.171. The molecule has 2 aromatic rings. The van der Waals surface area contributed by atoms with Crippen molar-refractivity contribution in [2.75, 3.05) is 11.9 Å². The number of nitrogens with one attached hydrogen (secondary N) is 2. The van der Waals surface area contributed by atoms with Crippen molar-refractivity contribution in [3.8, 4) is 5.75 Å². The molecule has 0 saturated carbocycles. The van der Waals surface area contributed by atoms with Crippen LogP contribution in [0, 0.1) is 6.92 Å². The van der Waals surface area contributed by atoms with E-state index in [9.17, 15) is 9.59 Å². The molecule has 5 nitrogen and oxygen atoms in total. The van der Waals surface area contributed by atoms with Crippen molar-refractivity contribution in [2.45, 2.75) is 58.7 Å². The molecule has 1 aliphatic heterocycles. The fraction of sp³-hybridized carbons (Fsp3) is 0.417. The topological polar surface area (TPSA) is 67.4 Å². The summed E-state index contributed by atoms with van der Waals surface area (Å²) < 4.78 is 6.41. The van der Waals surface area contributed by atoms with Gasteiger partial charge in [-0.1, -0.05) is 32.9 Å². The van der Waals surface area contributed by atoms with Crippen molar-refractivity contribution in [2.24, 2.45) is 0 Å². The zero-order chi connectivity index (χ0) is 22.1. The molecule has 2 N–H and O–H groups in total. The number of hydrogen-bond acceptors (Lipinski definition) is 4. The summed E-state index contributed by atoms with van der Waals surface area (Å²) in [5.41, 5.74) is 4.14. The Hall–Kier alpha value is -2.60. The van der Waals surface area contributed by atoms with E-state index in [0.29, 0.717) is 16.8 Å². The van der Waals surface area contributed by atoms with E-state index in [0.717, 1.165) is 25.1 Å². The molecule has 0 aliphatic carbocycles. The van der Waals surface area contributed by atoms with Crippen LogP contribution in [-0.2, 0) is 6.42 Å². The van der Waals surface area contributed by atoms with E-state index in [-0.39, 0.29) is 16.9 Å². The Balaban J connectivity index is 1.58. The Bertz CT molecular complexity index is 977. The first kappa shape index (κ1) is 22.1. The fourth-order valence-corrected chi connectivity index (χ4v) is 4.35. The van der Waals surface area contributed by atoms with Gasteiger partial charge in [-0.15, -0.1) is 0 Å². The number of benzene rings is 2. The SMILES string of the molecule is Cc1cc(O[Si](C)(C)C(C)(C)C)ccc1CCCNc1cccc2c1C(=O)NC2=O. The zero-order valence-corrected chi connectivity index (χ0v) is 19.8.